The van der Waals surface area contributed by atoms with Gasteiger partial charge < -0.3 is 10.0 Å². The lowest BCUT2D eigenvalue weighted by Crippen LogP contribution is -2.53. The van der Waals surface area contributed by atoms with Crippen LogP contribution in [0, 0.1) is 23.0 Å². The summed E-state index contributed by atoms with van der Waals surface area (Å²) in [5, 5.41) is 18.7. The number of aliphatic hydroxyl groups excluding tert-OH is 1. The first-order valence-corrected chi connectivity index (χ1v) is 8.51. The predicted octanol–water partition coefficient (Wildman–Crippen LogP) is 2.30. The molecule has 7 heteroatoms. The first-order valence-electron chi connectivity index (χ1n) is 8.51. The van der Waals surface area contributed by atoms with Crippen molar-refractivity contribution in [2.45, 2.75) is 19.0 Å². The molecule has 1 aliphatic rings. The highest BCUT2D eigenvalue weighted by atomic mass is 19.2. The second kappa shape index (κ2) is 8.21. The summed E-state index contributed by atoms with van der Waals surface area (Å²) in [6, 6.07) is 9.57. The van der Waals surface area contributed by atoms with Crippen LogP contribution in [0.15, 0.2) is 36.5 Å². The summed E-state index contributed by atoms with van der Waals surface area (Å²) in [7, 11) is 0. The van der Waals surface area contributed by atoms with Crippen molar-refractivity contribution in [2.24, 2.45) is 0 Å². The minimum absolute atomic E-state index is 0.0235. The molecule has 1 saturated heterocycles. The summed E-state index contributed by atoms with van der Waals surface area (Å²) < 4.78 is 26.6. The average Bonchev–Trinajstić information content (AvgIpc) is 2.66. The monoisotopic (exact) mass is 358 g/mol. The number of benzene rings is 1. The number of nitrogens with zero attached hydrogens (tertiary/aromatic N) is 4. The van der Waals surface area contributed by atoms with Gasteiger partial charge in [0.05, 0.1) is 5.56 Å². The fraction of sp³-hybridized carbons (Fsp3) is 0.368. The van der Waals surface area contributed by atoms with Gasteiger partial charge in [-0.2, -0.15) is 5.26 Å². The Morgan fingerprint density at radius 3 is 2.81 bits per heavy atom. The first kappa shape index (κ1) is 18.2. The summed E-state index contributed by atoms with van der Waals surface area (Å²) in [6.45, 7) is 2.45. The van der Waals surface area contributed by atoms with Gasteiger partial charge >= 0.3 is 0 Å². The van der Waals surface area contributed by atoms with Gasteiger partial charge in [-0.1, -0.05) is 6.07 Å². The van der Waals surface area contributed by atoms with Crippen molar-refractivity contribution in [2.75, 3.05) is 31.1 Å². The van der Waals surface area contributed by atoms with Crippen LogP contribution in [0.1, 0.15) is 17.5 Å². The van der Waals surface area contributed by atoms with Crippen LogP contribution in [0.25, 0.3) is 0 Å². The Kier molecular flexibility index (Phi) is 5.76. The van der Waals surface area contributed by atoms with Crippen molar-refractivity contribution in [1.29, 1.82) is 5.26 Å². The highest BCUT2D eigenvalue weighted by molar-refractivity contribution is 5.53. The Labute approximate surface area is 151 Å². The highest BCUT2D eigenvalue weighted by Gasteiger charge is 2.28. The normalized spacial score (nSPS) is 17.9. The van der Waals surface area contributed by atoms with E-state index in [2.05, 4.69) is 16.0 Å². The van der Waals surface area contributed by atoms with Gasteiger partial charge in [-0.3, -0.25) is 4.90 Å². The van der Waals surface area contributed by atoms with E-state index in [0.717, 1.165) is 6.07 Å². The second-order valence-electron chi connectivity index (χ2n) is 6.32. The molecular formula is C19H20F2N4O. The van der Waals surface area contributed by atoms with E-state index in [1.807, 2.05) is 4.90 Å². The molecule has 2 heterocycles. The molecule has 0 amide bonds. The van der Waals surface area contributed by atoms with Gasteiger partial charge in [0, 0.05) is 45.0 Å². The molecule has 136 valence electrons. The predicted molar refractivity (Wildman–Crippen MR) is 93.4 cm³/mol. The summed E-state index contributed by atoms with van der Waals surface area (Å²) in [4.78, 5) is 8.52. The number of pyridine rings is 1. The van der Waals surface area contributed by atoms with Gasteiger partial charge in [0.2, 0.25) is 0 Å². The smallest absolute Gasteiger partial charge is 0.159 e. The van der Waals surface area contributed by atoms with Gasteiger partial charge in [-0.15, -0.1) is 0 Å². The van der Waals surface area contributed by atoms with Crippen LogP contribution >= 0.6 is 0 Å². The lowest BCUT2D eigenvalue weighted by atomic mass is 10.1. The van der Waals surface area contributed by atoms with Crippen molar-refractivity contribution in [3.05, 3.63) is 59.3 Å². The molecule has 26 heavy (non-hydrogen) atoms. The van der Waals surface area contributed by atoms with Crippen LogP contribution in [0.3, 0.4) is 0 Å². The Balaban J connectivity index is 1.75. The maximum Gasteiger partial charge on any atom is 0.159 e. The molecule has 0 aliphatic carbocycles. The fourth-order valence-electron chi connectivity index (χ4n) is 3.33. The van der Waals surface area contributed by atoms with Gasteiger partial charge in [0.1, 0.15) is 11.9 Å². The molecule has 1 fully saturated rings. The molecule has 0 saturated carbocycles. The lowest BCUT2D eigenvalue weighted by molar-refractivity contribution is 0.135. The molecule has 0 bridgehead atoms. The molecule has 1 N–H and O–H groups in total. The van der Waals surface area contributed by atoms with Crippen molar-refractivity contribution in [1.82, 2.24) is 9.88 Å². The van der Waals surface area contributed by atoms with E-state index < -0.39 is 11.6 Å². The summed E-state index contributed by atoms with van der Waals surface area (Å²) >= 11 is 0. The molecule has 1 aliphatic heterocycles. The lowest BCUT2D eigenvalue weighted by Gasteiger charge is -2.42. The summed E-state index contributed by atoms with van der Waals surface area (Å²) in [6.07, 6.45) is 2.21. The van der Waals surface area contributed by atoms with Crippen LogP contribution in [0.5, 0.6) is 0 Å². The minimum atomic E-state index is -0.857. The zero-order valence-electron chi connectivity index (χ0n) is 14.3. The zero-order valence-corrected chi connectivity index (χ0v) is 14.3. The number of rotatable bonds is 5. The van der Waals surface area contributed by atoms with Gasteiger partial charge in [-0.25, -0.2) is 13.8 Å². The van der Waals surface area contributed by atoms with Crippen LogP contribution in [-0.4, -0.2) is 47.3 Å². The quantitative estimate of drug-likeness (QED) is 0.889. The van der Waals surface area contributed by atoms with Gasteiger partial charge in [-0.05, 0) is 36.2 Å². The van der Waals surface area contributed by atoms with E-state index in [1.54, 1.807) is 24.4 Å². The first-order chi connectivity index (χ1) is 12.6. The average molecular weight is 358 g/mol. The zero-order chi connectivity index (χ0) is 18.5. The maximum absolute atomic E-state index is 13.5. The summed E-state index contributed by atoms with van der Waals surface area (Å²) in [5.74, 6) is -1.07. The van der Waals surface area contributed by atoms with Crippen LogP contribution in [0.4, 0.5) is 14.6 Å². The van der Waals surface area contributed by atoms with Crippen molar-refractivity contribution < 1.29 is 13.9 Å². The standard InChI is InChI=1S/C19H20F2N4O/c20-17-4-3-14(10-18(17)21)12-24-7-8-25(13-16(24)5-9-26)19-15(11-22)2-1-6-23-19/h1-4,6,10,16,26H,5,7-9,12-13H2/t16-/m1/s1. The number of aliphatic hydroxyl groups is 1. The molecule has 1 atom stereocenters. The number of nitriles is 1. The molecule has 5 nitrogen and oxygen atoms in total. The van der Waals surface area contributed by atoms with E-state index in [0.29, 0.717) is 49.5 Å². The SMILES string of the molecule is N#Cc1cccnc1N1CCN(Cc2ccc(F)c(F)c2)[C@H](CCO)C1. The Morgan fingerprint density at radius 1 is 1.23 bits per heavy atom. The number of anilines is 1. The molecule has 1 aromatic heterocycles. The van der Waals surface area contributed by atoms with E-state index >= 15 is 0 Å². The maximum atomic E-state index is 13.5. The molecule has 0 unspecified atom stereocenters. The largest absolute Gasteiger partial charge is 0.396 e. The number of aromatic nitrogens is 1. The third-order valence-corrected chi connectivity index (χ3v) is 4.64. The third-order valence-electron chi connectivity index (χ3n) is 4.64. The van der Waals surface area contributed by atoms with E-state index in [-0.39, 0.29) is 12.6 Å². The number of piperazine rings is 1. The molecule has 2 aromatic rings. The third kappa shape index (κ3) is 3.98. The van der Waals surface area contributed by atoms with Crippen molar-refractivity contribution in [3.63, 3.8) is 0 Å². The molecule has 3 rings (SSSR count). The van der Waals surface area contributed by atoms with Crippen LogP contribution in [-0.2, 0) is 6.54 Å². The van der Waals surface area contributed by atoms with Crippen molar-refractivity contribution >= 4 is 5.82 Å². The molecule has 0 spiro atoms. The van der Waals surface area contributed by atoms with E-state index in [4.69, 9.17) is 0 Å². The highest BCUT2D eigenvalue weighted by Crippen LogP contribution is 2.23. The van der Waals surface area contributed by atoms with Crippen LogP contribution in [0.2, 0.25) is 0 Å². The fourth-order valence-corrected chi connectivity index (χ4v) is 3.33. The topological polar surface area (TPSA) is 63.4 Å². The summed E-state index contributed by atoms with van der Waals surface area (Å²) in [5.41, 5.74) is 1.21. The number of hydrogen-bond donors (Lipinski definition) is 1. The number of hydrogen-bond acceptors (Lipinski definition) is 5. The van der Waals surface area contributed by atoms with Gasteiger partial charge in [0.25, 0.3) is 0 Å². The molecule has 0 radical (unpaired) electrons. The minimum Gasteiger partial charge on any atom is -0.396 e. The number of halogens is 2. The van der Waals surface area contributed by atoms with E-state index in [9.17, 15) is 19.1 Å². The Hall–Kier alpha value is -2.56. The van der Waals surface area contributed by atoms with Crippen molar-refractivity contribution in [3.8, 4) is 6.07 Å². The van der Waals surface area contributed by atoms with E-state index in [1.165, 1.54) is 6.07 Å². The Bertz CT molecular complexity index is 808. The molecular weight excluding hydrogens is 338 g/mol. The van der Waals surface area contributed by atoms with Gasteiger partial charge in [0.15, 0.2) is 11.6 Å². The molecule has 1 aromatic carbocycles. The Morgan fingerprint density at radius 2 is 2.08 bits per heavy atom. The second-order valence-corrected chi connectivity index (χ2v) is 6.32. The van der Waals surface area contributed by atoms with Crippen LogP contribution < -0.4 is 4.90 Å².